The molecule has 7 rings (SSSR count). The molecular formula is C39H62O11. The van der Waals surface area contributed by atoms with E-state index in [9.17, 15) is 30.0 Å². The number of rotatable bonds is 6. The summed E-state index contributed by atoms with van der Waals surface area (Å²) in [6.07, 6.45) is 1.42. The Bertz CT molecular complexity index is 1380. The predicted molar refractivity (Wildman–Crippen MR) is 180 cm³/mol. The Morgan fingerprint density at radius 1 is 0.780 bits per heavy atom. The molecule has 11 heteroatoms. The van der Waals surface area contributed by atoms with Gasteiger partial charge in [0.25, 0.3) is 0 Å². The second kappa shape index (κ2) is 11.6. The van der Waals surface area contributed by atoms with Crippen molar-refractivity contribution in [1.29, 1.82) is 0 Å². The van der Waals surface area contributed by atoms with Crippen LogP contribution in [0.3, 0.4) is 0 Å². The Labute approximate surface area is 297 Å². The summed E-state index contributed by atoms with van der Waals surface area (Å²) in [4.78, 5) is 24.0. The van der Waals surface area contributed by atoms with Crippen molar-refractivity contribution in [2.75, 3.05) is 6.61 Å². The summed E-state index contributed by atoms with van der Waals surface area (Å²) in [6.45, 7) is 17.2. The number of aliphatic hydroxyl groups is 4. The van der Waals surface area contributed by atoms with Gasteiger partial charge in [0.15, 0.2) is 18.5 Å². The number of fused-ring (bicyclic) bond motifs is 2. The normalized spacial score (nSPS) is 53.7. The largest absolute Gasteiger partial charge is 0.455 e. The maximum Gasteiger partial charge on any atom is 0.303 e. The van der Waals surface area contributed by atoms with E-state index in [-0.39, 0.29) is 58.2 Å². The monoisotopic (exact) mass is 706 g/mol. The lowest BCUT2D eigenvalue weighted by Gasteiger charge is -2.64. The summed E-state index contributed by atoms with van der Waals surface area (Å²) >= 11 is 0. The summed E-state index contributed by atoms with van der Waals surface area (Å²) in [5, 5.41) is 45.7. The molecule has 2 spiro atoms. The van der Waals surface area contributed by atoms with Crippen molar-refractivity contribution in [2.24, 2.45) is 44.8 Å². The molecule has 2 aliphatic heterocycles. The third-order valence-electron chi connectivity index (χ3n) is 16.0. The SMILES string of the molecule is CC(=O)O[C@@H]1[C@@H](OC(C)=O)[C@H](O[C@H]2CC[C@]34C[C@]35CC[C@]3(C)[C@@H]([C@@]6(C)CC[C@@H](C(C)(C)O)O6)[C@@H](O)C[C@@]3(C)[C@@H]5C[C@H](O)[C@H]4C2(C)C)OC[C@H]1O. The van der Waals surface area contributed by atoms with Crippen LogP contribution < -0.4 is 0 Å². The van der Waals surface area contributed by atoms with Gasteiger partial charge in [-0.05, 0) is 117 Å². The van der Waals surface area contributed by atoms with E-state index in [0.29, 0.717) is 12.8 Å². The minimum Gasteiger partial charge on any atom is -0.455 e. The average Bonchev–Trinajstić information content (AvgIpc) is 3.34. The molecule has 2 heterocycles. The van der Waals surface area contributed by atoms with Crippen LogP contribution in [-0.2, 0) is 33.3 Å². The maximum atomic E-state index is 12.3. The summed E-state index contributed by atoms with van der Waals surface area (Å²) in [5.74, 6) is -1.05. The number of esters is 2. The van der Waals surface area contributed by atoms with Crippen LogP contribution in [0.4, 0.5) is 0 Å². The highest BCUT2D eigenvalue weighted by molar-refractivity contribution is 5.67. The highest BCUT2D eigenvalue weighted by atomic mass is 16.7. The molecule has 11 nitrogen and oxygen atoms in total. The number of ether oxygens (including phenoxy) is 5. The molecule has 50 heavy (non-hydrogen) atoms. The van der Waals surface area contributed by atoms with Crippen LogP contribution in [0.15, 0.2) is 0 Å². The zero-order chi connectivity index (χ0) is 36.6. The summed E-state index contributed by atoms with van der Waals surface area (Å²) in [5.41, 5.74) is -2.32. The van der Waals surface area contributed by atoms with Gasteiger partial charge >= 0.3 is 11.9 Å². The average molecular weight is 707 g/mol. The fourth-order valence-corrected chi connectivity index (χ4v) is 14.1. The molecule has 2 saturated heterocycles. The van der Waals surface area contributed by atoms with E-state index >= 15 is 0 Å². The molecule has 0 aromatic heterocycles. The molecule has 4 N–H and O–H groups in total. The first-order valence-corrected chi connectivity index (χ1v) is 19.1. The van der Waals surface area contributed by atoms with Crippen LogP contribution in [0.2, 0.25) is 0 Å². The number of hydrogen-bond donors (Lipinski definition) is 4. The molecule has 0 aromatic carbocycles. The molecule has 0 aromatic rings. The highest BCUT2D eigenvalue weighted by Gasteiger charge is 2.85. The van der Waals surface area contributed by atoms with Crippen molar-refractivity contribution >= 4 is 11.9 Å². The molecule has 0 unspecified atom stereocenters. The van der Waals surface area contributed by atoms with Gasteiger partial charge in [-0.25, -0.2) is 0 Å². The van der Waals surface area contributed by atoms with Crippen molar-refractivity contribution in [3.63, 3.8) is 0 Å². The van der Waals surface area contributed by atoms with Gasteiger partial charge in [-0.1, -0.05) is 27.7 Å². The zero-order valence-corrected chi connectivity index (χ0v) is 31.6. The van der Waals surface area contributed by atoms with E-state index < -0.39 is 65.4 Å². The van der Waals surface area contributed by atoms with Gasteiger partial charge in [0.1, 0.15) is 6.10 Å². The van der Waals surface area contributed by atoms with Crippen molar-refractivity contribution < 1.29 is 53.7 Å². The standard InChI is InChI=1S/C39H62O11/c1-20(40)47-28-24(44)18-46-32(29(28)48-21(2)41)49-26-11-13-39-19-38(39)15-14-35(7)31(37(9)12-10-27(50-37)34(5,6)45)23(43)17-36(35,8)25(38)16-22(42)30(39)33(26,3)4/h22-32,42-45H,10-19H2,1-9H3/t22-,23-,24+,25-,26-,27-,28-,29+,30-,31-,32-,35+,36-,37+,38-,39+/m0/s1. The van der Waals surface area contributed by atoms with Gasteiger partial charge < -0.3 is 44.1 Å². The third kappa shape index (κ3) is 5.06. The van der Waals surface area contributed by atoms with Gasteiger partial charge in [-0.15, -0.1) is 0 Å². The lowest BCUT2D eigenvalue weighted by molar-refractivity contribution is -0.310. The van der Waals surface area contributed by atoms with Gasteiger partial charge in [0.2, 0.25) is 0 Å². The summed E-state index contributed by atoms with van der Waals surface area (Å²) in [6, 6.07) is 0. The van der Waals surface area contributed by atoms with Gasteiger partial charge in [0.05, 0.1) is 42.2 Å². The quantitative estimate of drug-likeness (QED) is 0.233. The van der Waals surface area contributed by atoms with Crippen LogP contribution in [-0.4, -0.2) is 99.2 Å². The van der Waals surface area contributed by atoms with Crippen molar-refractivity contribution in [3.8, 4) is 0 Å². The van der Waals surface area contributed by atoms with E-state index in [1.54, 1.807) is 0 Å². The van der Waals surface area contributed by atoms with Crippen LogP contribution in [0.25, 0.3) is 0 Å². The first-order valence-electron chi connectivity index (χ1n) is 19.1. The molecule has 16 atom stereocenters. The number of hydrogen-bond acceptors (Lipinski definition) is 11. The van der Waals surface area contributed by atoms with Crippen LogP contribution in [0.5, 0.6) is 0 Å². The van der Waals surface area contributed by atoms with Crippen molar-refractivity contribution in [2.45, 2.75) is 180 Å². The molecule has 7 aliphatic rings. The van der Waals surface area contributed by atoms with E-state index in [2.05, 4.69) is 34.6 Å². The van der Waals surface area contributed by atoms with Gasteiger partial charge in [-0.2, -0.15) is 0 Å². The Hall–Kier alpha value is -1.34. The lowest BCUT2D eigenvalue weighted by atomic mass is 9.41. The number of carbonyl (C=O) groups excluding carboxylic acids is 2. The third-order valence-corrected chi connectivity index (χ3v) is 16.0. The Kier molecular flexibility index (Phi) is 8.57. The molecule has 284 valence electrons. The Morgan fingerprint density at radius 2 is 1.44 bits per heavy atom. The summed E-state index contributed by atoms with van der Waals surface area (Å²) < 4.78 is 30.2. The predicted octanol–water partition coefficient (Wildman–Crippen LogP) is 4.04. The molecular weight excluding hydrogens is 644 g/mol. The first-order chi connectivity index (χ1) is 23.1. The molecule has 0 radical (unpaired) electrons. The molecule has 7 fully saturated rings. The molecule has 0 amide bonds. The number of carbonyl (C=O) groups is 2. The second-order valence-corrected chi connectivity index (χ2v) is 19.4. The lowest BCUT2D eigenvalue weighted by Crippen LogP contribution is -2.63. The van der Waals surface area contributed by atoms with E-state index in [0.717, 1.165) is 44.9 Å². The zero-order valence-electron chi connectivity index (χ0n) is 31.6. The van der Waals surface area contributed by atoms with E-state index in [1.165, 1.54) is 13.8 Å². The Morgan fingerprint density at radius 3 is 2.06 bits per heavy atom. The van der Waals surface area contributed by atoms with Gasteiger partial charge in [0, 0.05) is 19.8 Å². The number of aliphatic hydroxyl groups excluding tert-OH is 3. The minimum atomic E-state index is -1.17. The second-order valence-electron chi connectivity index (χ2n) is 19.4. The van der Waals surface area contributed by atoms with Crippen molar-refractivity contribution in [3.05, 3.63) is 0 Å². The smallest absolute Gasteiger partial charge is 0.303 e. The van der Waals surface area contributed by atoms with Crippen molar-refractivity contribution in [1.82, 2.24) is 0 Å². The van der Waals surface area contributed by atoms with Crippen LogP contribution in [0, 0.1) is 44.8 Å². The van der Waals surface area contributed by atoms with E-state index in [1.807, 2.05) is 13.8 Å². The molecule has 0 bridgehead atoms. The molecule has 5 aliphatic carbocycles. The summed E-state index contributed by atoms with van der Waals surface area (Å²) in [7, 11) is 0. The van der Waals surface area contributed by atoms with Gasteiger partial charge in [-0.3, -0.25) is 9.59 Å². The maximum absolute atomic E-state index is 12.3. The molecule has 5 saturated carbocycles. The fraction of sp³-hybridized carbons (Fsp3) is 0.949. The Balaban J connectivity index is 1.14. The first kappa shape index (κ1) is 37.0. The fourth-order valence-electron chi connectivity index (χ4n) is 14.1. The highest BCUT2D eigenvalue weighted by Crippen LogP contribution is 2.89. The van der Waals surface area contributed by atoms with Crippen LogP contribution >= 0.6 is 0 Å². The van der Waals surface area contributed by atoms with E-state index in [4.69, 9.17) is 23.7 Å². The topological polar surface area (TPSA) is 161 Å². The minimum absolute atomic E-state index is 0.0334. The van der Waals surface area contributed by atoms with Crippen LogP contribution in [0.1, 0.15) is 120 Å².